The molecule has 0 radical (unpaired) electrons. The van der Waals surface area contributed by atoms with Crippen LogP contribution in [0.2, 0.25) is 0 Å². The fourth-order valence-electron chi connectivity index (χ4n) is 3.55. The fraction of sp³-hybridized carbons (Fsp3) is 0.429. The number of halogens is 1. The van der Waals surface area contributed by atoms with E-state index in [0.717, 1.165) is 38.2 Å². The Balaban J connectivity index is 1.37. The molecule has 1 heterocycles. The summed E-state index contributed by atoms with van der Waals surface area (Å²) in [5, 5.41) is 0. The van der Waals surface area contributed by atoms with Crippen LogP contribution in [-0.2, 0) is 10.0 Å². The third kappa shape index (κ3) is 5.38. The van der Waals surface area contributed by atoms with Gasteiger partial charge in [0.15, 0.2) is 0 Å². The molecule has 0 amide bonds. The van der Waals surface area contributed by atoms with E-state index >= 15 is 0 Å². The van der Waals surface area contributed by atoms with Crippen LogP contribution in [-0.4, -0.2) is 32.4 Å². The summed E-state index contributed by atoms with van der Waals surface area (Å²) in [4.78, 5) is 0.00295. The maximum atomic E-state index is 13.3. The molecule has 0 saturated carbocycles. The lowest BCUT2D eigenvalue weighted by Crippen LogP contribution is -2.30. The Morgan fingerprint density at radius 1 is 1.04 bits per heavy atom. The van der Waals surface area contributed by atoms with Gasteiger partial charge in [0.05, 0.1) is 4.90 Å². The Morgan fingerprint density at radius 3 is 2.57 bits per heavy atom. The summed E-state index contributed by atoms with van der Waals surface area (Å²) in [6.07, 6.45) is 4.88. The first-order valence-electron chi connectivity index (χ1n) is 9.75. The number of unbranched alkanes of at least 4 members (excludes halogenated alkanes) is 2. The molecule has 2 aromatic rings. The molecule has 2 N–H and O–H groups in total. The van der Waals surface area contributed by atoms with Crippen molar-refractivity contribution >= 4 is 10.0 Å². The van der Waals surface area contributed by atoms with Crippen LogP contribution < -0.4 is 10.9 Å². The molecule has 152 valence electrons. The van der Waals surface area contributed by atoms with Crippen LogP contribution >= 0.6 is 0 Å². The van der Waals surface area contributed by atoms with Crippen LogP contribution in [0.5, 0.6) is 0 Å². The Kier molecular flexibility index (Phi) is 7.18. The van der Waals surface area contributed by atoms with Crippen molar-refractivity contribution in [3.63, 3.8) is 0 Å². The second kappa shape index (κ2) is 9.60. The predicted octanol–water partition coefficient (Wildman–Crippen LogP) is 3.61. The van der Waals surface area contributed by atoms with Crippen LogP contribution in [0.25, 0.3) is 0 Å². The highest BCUT2D eigenvalue weighted by Gasteiger charge is 2.24. The highest BCUT2D eigenvalue weighted by Crippen LogP contribution is 2.24. The number of benzene rings is 2. The standard InChI is InChI=1S/C21H28FN3O2S/c1-25(28(26,27)20-13-8-11-18(22)15-20)14-7-3-6-12-19-16-21(24-23-19)17-9-4-2-5-10-17/h2,4-5,8-11,13,15,19,21,23-24H,3,6-7,12,14,16H2,1H3. The molecule has 28 heavy (non-hydrogen) atoms. The maximum absolute atomic E-state index is 13.3. The van der Waals surface area contributed by atoms with Crippen molar-refractivity contribution < 1.29 is 12.8 Å². The zero-order valence-corrected chi connectivity index (χ0v) is 17.0. The van der Waals surface area contributed by atoms with E-state index in [-0.39, 0.29) is 4.90 Å². The molecule has 2 atom stereocenters. The summed E-state index contributed by atoms with van der Waals surface area (Å²) < 4.78 is 39.5. The monoisotopic (exact) mass is 405 g/mol. The molecule has 0 aromatic heterocycles. The number of nitrogens with one attached hydrogen (secondary N) is 2. The Morgan fingerprint density at radius 2 is 1.82 bits per heavy atom. The topological polar surface area (TPSA) is 61.4 Å². The molecule has 0 aliphatic carbocycles. The summed E-state index contributed by atoms with van der Waals surface area (Å²) >= 11 is 0. The predicted molar refractivity (Wildman–Crippen MR) is 109 cm³/mol. The number of rotatable bonds is 9. The van der Waals surface area contributed by atoms with Gasteiger partial charge < -0.3 is 0 Å². The molecule has 1 saturated heterocycles. The van der Waals surface area contributed by atoms with E-state index in [4.69, 9.17) is 0 Å². The van der Waals surface area contributed by atoms with Crippen molar-refractivity contribution in [1.29, 1.82) is 0 Å². The van der Waals surface area contributed by atoms with Gasteiger partial charge in [0.1, 0.15) is 5.82 Å². The lowest BCUT2D eigenvalue weighted by atomic mass is 9.99. The first-order chi connectivity index (χ1) is 13.5. The lowest BCUT2D eigenvalue weighted by molar-refractivity contribution is 0.437. The smallest absolute Gasteiger partial charge is 0.242 e. The molecule has 1 aliphatic rings. The van der Waals surface area contributed by atoms with Gasteiger partial charge in [0.25, 0.3) is 0 Å². The molecular formula is C21H28FN3O2S. The molecule has 3 rings (SSSR count). The van der Waals surface area contributed by atoms with Crippen molar-refractivity contribution in [2.24, 2.45) is 0 Å². The van der Waals surface area contributed by atoms with Gasteiger partial charge in [-0.15, -0.1) is 0 Å². The van der Waals surface area contributed by atoms with E-state index < -0.39 is 15.8 Å². The minimum atomic E-state index is -3.63. The van der Waals surface area contributed by atoms with E-state index in [1.165, 1.54) is 28.1 Å². The van der Waals surface area contributed by atoms with E-state index in [0.29, 0.717) is 18.6 Å². The molecular weight excluding hydrogens is 377 g/mol. The number of hydrazine groups is 1. The summed E-state index contributed by atoms with van der Waals surface area (Å²) in [7, 11) is -2.08. The van der Waals surface area contributed by atoms with E-state index in [2.05, 4.69) is 35.1 Å². The molecule has 7 heteroatoms. The lowest BCUT2D eigenvalue weighted by Gasteiger charge is -2.17. The van der Waals surface area contributed by atoms with Crippen LogP contribution in [0.15, 0.2) is 59.5 Å². The maximum Gasteiger partial charge on any atom is 0.242 e. The molecule has 2 unspecified atom stereocenters. The van der Waals surface area contributed by atoms with Gasteiger partial charge in [-0.25, -0.2) is 17.1 Å². The first kappa shape index (κ1) is 20.9. The summed E-state index contributed by atoms with van der Waals surface area (Å²) in [6, 6.07) is 16.3. The average molecular weight is 406 g/mol. The van der Waals surface area contributed by atoms with Crippen molar-refractivity contribution in [3.05, 3.63) is 66.0 Å². The van der Waals surface area contributed by atoms with Crippen LogP contribution in [0.4, 0.5) is 4.39 Å². The van der Waals surface area contributed by atoms with Crippen LogP contribution in [0.3, 0.4) is 0 Å². The SMILES string of the molecule is CN(CCCCCC1CC(c2ccccc2)NN1)S(=O)(=O)c1cccc(F)c1. The molecule has 5 nitrogen and oxygen atoms in total. The minimum absolute atomic E-state index is 0.00295. The van der Waals surface area contributed by atoms with Gasteiger partial charge in [-0.3, -0.25) is 10.9 Å². The second-order valence-corrected chi connectivity index (χ2v) is 9.36. The Hall–Kier alpha value is -1.80. The number of sulfonamides is 1. The van der Waals surface area contributed by atoms with Crippen molar-refractivity contribution in [2.45, 2.75) is 49.1 Å². The minimum Gasteiger partial charge on any atom is -0.254 e. The average Bonchev–Trinajstić information content (AvgIpc) is 3.17. The molecule has 2 aromatic carbocycles. The number of nitrogens with zero attached hydrogens (tertiary/aromatic N) is 1. The second-order valence-electron chi connectivity index (χ2n) is 7.32. The largest absolute Gasteiger partial charge is 0.254 e. The summed E-state index contributed by atoms with van der Waals surface area (Å²) in [6.45, 7) is 0.432. The van der Waals surface area contributed by atoms with Crippen molar-refractivity contribution in [3.8, 4) is 0 Å². The summed E-state index contributed by atoms with van der Waals surface area (Å²) in [5.41, 5.74) is 8.01. The third-order valence-corrected chi connectivity index (χ3v) is 7.07. The molecule has 1 fully saturated rings. The molecule has 0 spiro atoms. The van der Waals surface area contributed by atoms with E-state index in [1.807, 2.05) is 6.07 Å². The Bertz CT molecular complexity index is 861. The zero-order valence-electron chi connectivity index (χ0n) is 16.1. The molecule has 0 bridgehead atoms. The van der Waals surface area contributed by atoms with Crippen LogP contribution in [0, 0.1) is 5.82 Å². The van der Waals surface area contributed by atoms with Gasteiger partial charge in [0.2, 0.25) is 10.0 Å². The highest BCUT2D eigenvalue weighted by atomic mass is 32.2. The van der Waals surface area contributed by atoms with Crippen LogP contribution in [0.1, 0.15) is 43.7 Å². The van der Waals surface area contributed by atoms with Gasteiger partial charge >= 0.3 is 0 Å². The highest BCUT2D eigenvalue weighted by molar-refractivity contribution is 7.89. The van der Waals surface area contributed by atoms with Gasteiger partial charge in [-0.1, -0.05) is 49.2 Å². The van der Waals surface area contributed by atoms with Crippen molar-refractivity contribution in [2.75, 3.05) is 13.6 Å². The molecule has 1 aliphatic heterocycles. The van der Waals surface area contributed by atoms with E-state index in [9.17, 15) is 12.8 Å². The van der Waals surface area contributed by atoms with Gasteiger partial charge in [-0.05, 0) is 43.0 Å². The van der Waals surface area contributed by atoms with Gasteiger partial charge in [-0.2, -0.15) is 0 Å². The number of hydrogen-bond donors (Lipinski definition) is 2. The fourth-order valence-corrected chi connectivity index (χ4v) is 4.79. The van der Waals surface area contributed by atoms with Gasteiger partial charge in [0, 0.05) is 25.7 Å². The Labute approximate surface area is 167 Å². The van der Waals surface area contributed by atoms with Crippen molar-refractivity contribution in [1.82, 2.24) is 15.2 Å². The third-order valence-electron chi connectivity index (χ3n) is 5.21. The quantitative estimate of drug-likeness (QED) is 0.626. The normalized spacial score (nSPS) is 20.0. The first-order valence-corrected chi connectivity index (χ1v) is 11.2. The zero-order chi connectivity index (χ0) is 20.0. The number of hydrogen-bond acceptors (Lipinski definition) is 4. The van der Waals surface area contributed by atoms with E-state index in [1.54, 1.807) is 7.05 Å². The summed E-state index contributed by atoms with van der Waals surface area (Å²) in [5.74, 6) is -0.541.